The molecule has 0 spiro atoms. The van der Waals surface area contributed by atoms with Gasteiger partial charge < -0.3 is 0 Å². The van der Waals surface area contributed by atoms with E-state index in [9.17, 15) is 8.42 Å². The molecule has 0 amide bonds. The summed E-state index contributed by atoms with van der Waals surface area (Å²) in [5.74, 6) is 0. The Bertz CT molecular complexity index is 717. The van der Waals surface area contributed by atoms with Gasteiger partial charge in [0.1, 0.15) is 0 Å². The van der Waals surface area contributed by atoms with Crippen LogP contribution in [0, 0.1) is 0 Å². The average molecular weight is 287 g/mol. The van der Waals surface area contributed by atoms with Crippen LogP contribution in [-0.4, -0.2) is 19.2 Å². The van der Waals surface area contributed by atoms with E-state index in [1.807, 2.05) is 36.4 Å². The van der Waals surface area contributed by atoms with Crippen molar-refractivity contribution in [3.05, 3.63) is 66.2 Å². The van der Waals surface area contributed by atoms with Gasteiger partial charge in [-0.25, -0.2) is 0 Å². The zero-order valence-electron chi connectivity index (χ0n) is 10.5. The predicted molar refractivity (Wildman–Crippen MR) is 79.9 cm³/mol. The Morgan fingerprint density at radius 1 is 0.950 bits per heavy atom. The highest BCUT2D eigenvalue weighted by Gasteiger charge is 2.07. The van der Waals surface area contributed by atoms with Crippen LogP contribution in [0.2, 0.25) is 0 Å². The summed E-state index contributed by atoms with van der Waals surface area (Å²) in [5.41, 5.74) is 1.68. The lowest BCUT2D eigenvalue weighted by Crippen LogP contribution is -1.96. The molecule has 0 heterocycles. The Morgan fingerprint density at radius 2 is 1.60 bits per heavy atom. The molecule has 0 saturated heterocycles. The van der Waals surface area contributed by atoms with E-state index in [0.29, 0.717) is 5.69 Å². The van der Waals surface area contributed by atoms with Crippen LogP contribution < -0.4 is 0 Å². The van der Waals surface area contributed by atoms with E-state index in [-0.39, 0.29) is 4.90 Å². The van der Waals surface area contributed by atoms with Gasteiger partial charge >= 0.3 is 0 Å². The molecule has 4 nitrogen and oxygen atoms in total. The highest BCUT2D eigenvalue weighted by atomic mass is 32.2. The van der Waals surface area contributed by atoms with E-state index in [0.717, 1.165) is 5.56 Å². The molecule has 0 aromatic heterocycles. The molecular weight excluding hydrogens is 274 g/mol. The molecule has 0 aliphatic carbocycles. The van der Waals surface area contributed by atoms with E-state index in [2.05, 4.69) is 4.99 Å². The second kappa shape index (κ2) is 6.27. The first-order valence-corrected chi connectivity index (χ1v) is 7.33. The summed E-state index contributed by atoms with van der Waals surface area (Å²) in [7, 11) is -4.15. The van der Waals surface area contributed by atoms with Crippen LogP contribution in [0.4, 0.5) is 5.69 Å². The van der Waals surface area contributed by atoms with Crippen LogP contribution >= 0.6 is 0 Å². The van der Waals surface area contributed by atoms with Gasteiger partial charge in [-0.3, -0.25) is 9.55 Å². The van der Waals surface area contributed by atoms with Crippen LogP contribution in [0.1, 0.15) is 5.56 Å². The van der Waals surface area contributed by atoms with Crippen LogP contribution in [0.15, 0.2) is 70.6 Å². The lowest BCUT2D eigenvalue weighted by molar-refractivity contribution is 0.483. The van der Waals surface area contributed by atoms with E-state index in [4.69, 9.17) is 4.55 Å². The normalized spacial score (nSPS) is 12.2. The van der Waals surface area contributed by atoms with Crippen molar-refractivity contribution in [1.82, 2.24) is 0 Å². The molecule has 0 fully saturated rings. The first kappa shape index (κ1) is 14.2. The highest BCUT2D eigenvalue weighted by Crippen LogP contribution is 2.15. The minimum atomic E-state index is -4.15. The molecule has 2 aromatic carbocycles. The van der Waals surface area contributed by atoms with Crippen LogP contribution in [0.25, 0.3) is 6.08 Å². The molecule has 5 heteroatoms. The van der Waals surface area contributed by atoms with Crippen molar-refractivity contribution >= 4 is 28.1 Å². The highest BCUT2D eigenvalue weighted by molar-refractivity contribution is 7.85. The summed E-state index contributed by atoms with van der Waals surface area (Å²) in [6.07, 6.45) is 5.33. The lowest BCUT2D eigenvalue weighted by Gasteiger charge is -1.96. The first-order valence-electron chi connectivity index (χ1n) is 5.89. The van der Waals surface area contributed by atoms with Crippen molar-refractivity contribution in [2.24, 2.45) is 4.99 Å². The van der Waals surface area contributed by atoms with Crippen LogP contribution in [0.3, 0.4) is 0 Å². The number of nitrogens with zero attached hydrogens (tertiary/aromatic N) is 1. The van der Waals surface area contributed by atoms with Crippen molar-refractivity contribution in [3.8, 4) is 0 Å². The standard InChI is InChI=1S/C15H13NO3S/c17-20(18,19)15-10-8-14(9-11-15)16-12-4-7-13-5-2-1-3-6-13/h1-12H,(H,17,18,19)/b7-4+,16-12+. The van der Waals surface area contributed by atoms with Crippen molar-refractivity contribution in [3.63, 3.8) is 0 Å². The van der Waals surface area contributed by atoms with Crippen molar-refractivity contribution in [2.45, 2.75) is 4.90 Å². The van der Waals surface area contributed by atoms with Gasteiger partial charge in [0.2, 0.25) is 0 Å². The third kappa shape index (κ3) is 4.15. The smallest absolute Gasteiger partial charge is 0.282 e. The minimum Gasteiger partial charge on any atom is -0.282 e. The molecule has 0 atom stereocenters. The van der Waals surface area contributed by atoms with Crippen molar-refractivity contribution < 1.29 is 13.0 Å². The quantitative estimate of drug-likeness (QED) is 0.692. The van der Waals surface area contributed by atoms with Gasteiger partial charge in [0.15, 0.2) is 0 Å². The Balaban J connectivity index is 2.04. The molecular formula is C15H13NO3S. The largest absolute Gasteiger partial charge is 0.294 e. The summed E-state index contributed by atoms with van der Waals surface area (Å²) in [6.45, 7) is 0. The average Bonchev–Trinajstić information content (AvgIpc) is 2.44. The molecule has 0 aliphatic heterocycles. The molecule has 1 N–H and O–H groups in total. The van der Waals surface area contributed by atoms with Crippen LogP contribution in [-0.2, 0) is 10.1 Å². The minimum absolute atomic E-state index is 0.142. The Morgan fingerprint density at radius 3 is 2.20 bits per heavy atom. The Labute approximate surface area is 117 Å². The number of allylic oxidation sites excluding steroid dienone is 1. The zero-order valence-corrected chi connectivity index (χ0v) is 11.4. The van der Waals surface area contributed by atoms with Crippen molar-refractivity contribution in [2.75, 3.05) is 0 Å². The van der Waals surface area contributed by atoms with Gasteiger partial charge in [-0.2, -0.15) is 8.42 Å². The number of rotatable bonds is 4. The summed E-state index contributed by atoms with van der Waals surface area (Å²) < 4.78 is 30.6. The molecule has 0 unspecified atom stereocenters. The summed E-state index contributed by atoms with van der Waals surface area (Å²) in [6, 6.07) is 15.5. The summed E-state index contributed by atoms with van der Waals surface area (Å²) in [4.78, 5) is 4.01. The molecule has 2 aromatic rings. The fourth-order valence-corrected chi connectivity index (χ4v) is 2.03. The van der Waals surface area contributed by atoms with Gasteiger partial charge in [0.25, 0.3) is 10.1 Å². The summed E-state index contributed by atoms with van der Waals surface area (Å²) in [5, 5.41) is 0. The zero-order chi connectivity index (χ0) is 14.4. The van der Waals surface area contributed by atoms with E-state index in [1.165, 1.54) is 24.3 Å². The van der Waals surface area contributed by atoms with Gasteiger partial charge in [0, 0.05) is 6.21 Å². The lowest BCUT2D eigenvalue weighted by atomic mass is 10.2. The molecule has 0 aliphatic rings. The predicted octanol–water partition coefficient (Wildman–Crippen LogP) is 3.35. The molecule has 0 saturated carbocycles. The maximum absolute atomic E-state index is 10.9. The van der Waals surface area contributed by atoms with E-state index < -0.39 is 10.1 Å². The second-order valence-electron chi connectivity index (χ2n) is 4.02. The maximum Gasteiger partial charge on any atom is 0.294 e. The number of benzene rings is 2. The second-order valence-corrected chi connectivity index (χ2v) is 5.44. The third-order valence-corrected chi connectivity index (χ3v) is 3.40. The molecule has 20 heavy (non-hydrogen) atoms. The monoisotopic (exact) mass is 287 g/mol. The Hall–Kier alpha value is -2.24. The van der Waals surface area contributed by atoms with Gasteiger partial charge in [-0.1, -0.05) is 36.4 Å². The van der Waals surface area contributed by atoms with Gasteiger partial charge in [-0.15, -0.1) is 0 Å². The van der Waals surface area contributed by atoms with E-state index >= 15 is 0 Å². The topological polar surface area (TPSA) is 66.7 Å². The fourth-order valence-electron chi connectivity index (χ4n) is 1.55. The molecule has 102 valence electrons. The number of hydrogen-bond acceptors (Lipinski definition) is 3. The van der Waals surface area contributed by atoms with Gasteiger partial charge in [-0.05, 0) is 35.9 Å². The van der Waals surface area contributed by atoms with Gasteiger partial charge in [0.05, 0.1) is 10.6 Å². The molecule has 0 bridgehead atoms. The van der Waals surface area contributed by atoms with E-state index in [1.54, 1.807) is 12.3 Å². The number of aliphatic imine (C=N–C) groups is 1. The number of hydrogen-bond donors (Lipinski definition) is 1. The summed E-state index contributed by atoms with van der Waals surface area (Å²) >= 11 is 0. The molecule has 2 rings (SSSR count). The maximum atomic E-state index is 10.9. The van der Waals surface area contributed by atoms with Crippen molar-refractivity contribution in [1.29, 1.82) is 0 Å². The van der Waals surface area contributed by atoms with Crippen LogP contribution in [0.5, 0.6) is 0 Å². The third-order valence-electron chi connectivity index (χ3n) is 2.53. The SMILES string of the molecule is O=S(=O)(O)c1ccc(/N=C/C=C/c2ccccc2)cc1. The Kier molecular flexibility index (Phi) is 4.45. The fraction of sp³-hybridized carbons (Fsp3) is 0. The molecule has 0 radical (unpaired) electrons. The first-order chi connectivity index (χ1) is 9.55.